The maximum atomic E-state index is 9.86. The SMILES string of the molecule is OC(Cc1ccc(Cl)s1)CC1CCCO1. The zero-order valence-electron chi connectivity index (χ0n) is 8.49. The summed E-state index contributed by atoms with van der Waals surface area (Å²) in [5.41, 5.74) is 0. The van der Waals surface area contributed by atoms with Gasteiger partial charge in [0.05, 0.1) is 16.5 Å². The summed E-state index contributed by atoms with van der Waals surface area (Å²) in [5, 5.41) is 9.86. The lowest BCUT2D eigenvalue weighted by atomic mass is 10.1. The van der Waals surface area contributed by atoms with Gasteiger partial charge in [0.15, 0.2) is 0 Å². The van der Waals surface area contributed by atoms with E-state index in [4.69, 9.17) is 16.3 Å². The third-order valence-corrected chi connectivity index (χ3v) is 3.88. The van der Waals surface area contributed by atoms with Gasteiger partial charge in [0.2, 0.25) is 0 Å². The molecule has 0 bridgehead atoms. The summed E-state index contributed by atoms with van der Waals surface area (Å²) in [5.74, 6) is 0. The number of rotatable bonds is 4. The van der Waals surface area contributed by atoms with Gasteiger partial charge in [0.1, 0.15) is 0 Å². The van der Waals surface area contributed by atoms with Crippen molar-refractivity contribution in [1.82, 2.24) is 0 Å². The predicted octanol–water partition coefficient (Wildman–Crippen LogP) is 2.87. The number of hydrogen-bond donors (Lipinski definition) is 1. The second-order valence-electron chi connectivity index (χ2n) is 3.93. The van der Waals surface area contributed by atoms with E-state index >= 15 is 0 Å². The van der Waals surface area contributed by atoms with E-state index in [-0.39, 0.29) is 12.2 Å². The smallest absolute Gasteiger partial charge is 0.0931 e. The molecule has 0 aliphatic carbocycles. The highest BCUT2D eigenvalue weighted by atomic mass is 35.5. The fourth-order valence-electron chi connectivity index (χ4n) is 1.91. The summed E-state index contributed by atoms with van der Waals surface area (Å²) in [6, 6.07) is 3.85. The molecular formula is C11H15ClO2S. The van der Waals surface area contributed by atoms with E-state index in [0.717, 1.165) is 35.1 Å². The van der Waals surface area contributed by atoms with Crippen LogP contribution in [0.5, 0.6) is 0 Å². The first-order valence-electron chi connectivity index (χ1n) is 5.28. The highest BCUT2D eigenvalue weighted by Gasteiger charge is 2.19. The molecule has 2 rings (SSSR count). The fourth-order valence-corrected chi connectivity index (χ4v) is 3.07. The highest BCUT2D eigenvalue weighted by Crippen LogP contribution is 2.24. The standard InChI is InChI=1S/C11H15ClO2S/c12-11-4-3-10(15-11)7-8(13)6-9-2-1-5-14-9/h3-4,8-9,13H,1-2,5-7H2. The molecule has 1 aromatic heterocycles. The molecule has 0 aromatic carbocycles. The lowest BCUT2D eigenvalue weighted by Gasteiger charge is -2.14. The highest BCUT2D eigenvalue weighted by molar-refractivity contribution is 7.16. The number of hydrogen-bond acceptors (Lipinski definition) is 3. The molecule has 15 heavy (non-hydrogen) atoms. The Kier molecular flexibility index (Phi) is 4.03. The van der Waals surface area contributed by atoms with Crippen LogP contribution in [0.2, 0.25) is 4.34 Å². The Morgan fingerprint density at radius 1 is 1.60 bits per heavy atom. The summed E-state index contributed by atoms with van der Waals surface area (Å²) in [6.45, 7) is 0.849. The Morgan fingerprint density at radius 3 is 3.07 bits per heavy atom. The molecule has 0 spiro atoms. The van der Waals surface area contributed by atoms with Crippen LogP contribution in [0.15, 0.2) is 12.1 Å². The molecule has 0 saturated carbocycles. The van der Waals surface area contributed by atoms with Crippen LogP contribution in [0, 0.1) is 0 Å². The molecule has 2 unspecified atom stereocenters. The Morgan fingerprint density at radius 2 is 2.47 bits per heavy atom. The predicted molar refractivity (Wildman–Crippen MR) is 62.6 cm³/mol. The van der Waals surface area contributed by atoms with E-state index < -0.39 is 0 Å². The maximum absolute atomic E-state index is 9.86. The first kappa shape index (κ1) is 11.4. The summed E-state index contributed by atoms with van der Waals surface area (Å²) in [7, 11) is 0. The van der Waals surface area contributed by atoms with Crippen LogP contribution in [-0.2, 0) is 11.2 Å². The number of thiophene rings is 1. The third-order valence-electron chi connectivity index (χ3n) is 2.62. The first-order chi connectivity index (χ1) is 7.24. The van der Waals surface area contributed by atoms with E-state index in [0.29, 0.717) is 6.42 Å². The van der Waals surface area contributed by atoms with Gasteiger partial charge in [-0.3, -0.25) is 0 Å². The molecule has 2 heterocycles. The Hall–Kier alpha value is -0.0900. The van der Waals surface area contributed by atoms with Gasteiger partial charge in [-0.1, -0.05) is 11.6 Å². The normalized spacial score (nSPS) is 23.2. The number of halogens is 1. The van der Waals surface area contributed by atoms with Crippen molar-refractivity contribution in [3.8, 4) is 0 Å². The van der Waals surface area contributed by atoms with Crippen LogP contribution < -0.4 is 0 Å². The van der Waals surface area contributed by atoms with Crippen LogP contribution in [-0.4, -0.2) is 23.9 Å². The van der Waals surface area contributed by atoms with Crippen molar-refractivity contribution < 1.29 is 9.84 Å². The molecule has 1 N–H and O–H groups in total. The van der Waals surface area contributed by atoms with E-state index in [9.17, 15) is 5.11 Å². The molecule has 4 heteroatoms. The average Bonchev–Trinajstić information content (AvgIpc) is 2.77. The first-order valence-corrected chi connectivity index (χ1v) is 6.47. The molecule has 1 fully saturated rings. The van der Waals surface area contributed by atoms with Gasteiger partial charge in [0, 0.05) is 17.9 Å². The molecule has 0 amide bonds. The second-order valence-corrected chi connectivity index (χ2v) is 5.73. The summed E-state index contributed by atoms with van der Waals surface area (Å²) in [4.78, 5) is 1.14. The van der Waals surface area contributed by atoms with E-state index in [1.165, 1.54) is 11.3 Å². The van der Waals surface area contributed by atoms with Crippen LogP contribution >= 0.6 is 22.9 Å². The van der Waals surface area contributed by atoms with Gasteiger partial charge in [0.25, 0.3) is 0 Å². The maximum Gasteiger partial charge on any atom is 0.0931 e. The van der Waals surface area contributed by atoms with Crippen LogP contribution in [0.25, 0.3) is 0 Å². The molecule has 1 aromatic rings. The van der Waals surface area contributed by atoms with E-state index in [1.807, 2.05) is 12.1 Å². The Labute approximate surface area is 98.8 Å². The quantitative estimate of drug-likeness (QED) is 0.885. The van der Waals surface area contributed by atoms with Gasteiger partial charge in [-0.25, -0.2) is 0 Å². The molecule has 1 aliphatic rings. The second kappa shape index (κ2) is 5.30. The fraction of sp³-hybridized carbons (Fsp3) is 0.636. The van der Waals surface area contributed by atoms with E-state index in [1.54, 1.807) is 0 Å². The lowest BCUT2D eigenvalue weighted by molar-refractivity contribution is 0.0544. The molecule has 1 saturated heterocycles. The minimum atomic E-state index is -0.303. The summed E-state index contributed by atoms with van der Waals surface area (Å²) < 4.78 is 6.27. The van der Waals surface area contributed by atoms with Crippen molar-refractivity contribution in [2.75, 3.05) is 6.61 Å². The Bertz CT molecular complexity index is 307. The van der Waals surface area contributed by atoms with Crippen molar-refractivity contribution in [3.63, 3.8) is 0 Å². The Balaban J connectivity index is 1.78. The minimum absolute atomic E-state index is 0.260. The molecular weight excluding hydrogens is 232 g/mol. The molecule has 84 valence electrons. The summed E-state index contributed by atoms with van der Waals surface area (Å²) in [6.07, 6.45) is 3.61. The molecule has 2 nitrogen and oxygen atoms in total. The molecule has 2 atom stereocenters. The van der Waals surface area contributed by atoms with Crippen LogP contribution in [0.4, 0.5) is 0 Å². The van der Waals surface area contributed by atoms with Crippen LogP contribution in [0.1, 0.15) is 24.1 Å². The van der Waals surface area contributed by atoms with Gasteiger partial charge >= 0.3 is 0 Å². The van der Waals surface area contributed by atoms with Crippen molar-refractivity contribution in [2.24, 2.45) is 0 Å². The molecule has 1 aliphatic heterocycles. The zero-order valence-corrected chi connectivity index (χ0v) is 10.1. The lowest BCUT2D eigenvalue weighted by Crippen LogP contribution is -2.18. The van der Waals surface area contributed by atoms with Crippen molar-refractivity contribution in [3.05, 3.63) is 21.3 Å². The average molecular weight is 247 g/mol. The topological polar surface area (TPSA) is 29.5 Å². The van der Waals surface area contributed by atoms with Gasteiger partial charge in [-0.2, -0.15) is 0 Å². The minimum Gasteiger partial charge on any atom is -0.393 e. The van der Waals surface area contributed by atoms with Gasteiger partial charge in [-0.05, 0) is 31.4 Å². The van der Waals surface area contributed by atoms with Crippen molar-refractivity contribution >= 4 is 22.9 Å². The number of aliphatic hydroxyl groups excluding tert-OH is 1. The summed E-state index contributed by atoms with van der Waals surface area (Å²) >= 11 is 7.36. The monoisotopic (exact) mass is 246 g/mol. The van der Waals surface area contributed by atoms with Gasteiger partial charge < -0.3 is 9.84 Å². The number of aliphatic hydroxyl groups is 1. The van der Waals surface area contributed by atoms with Crippen LogP contribution in [0.3, 0.4) is 0 Å². The van der Waals surface area contributed by atoms with Crippen molar-refractivity contribution in [2.45, 2.75) is 37.9 Å². The number of ether oxygens (including phenoxy) is 1. The largest absolute Gasteiger partial charge is 0.393 e. The van der Waals surface area contributed by atoms with E-state index in [2.05, 4.69) is 0 Å². The van der Waals surface area contributed by atoms with Crippen molar-refractivity contribution in [1.29, 1.82) is 0 Å². The molecule has 0 radical (unpaired) electrons. The van der Waals surface area contributed by atoms with Gasteiger partial charge in [-0.15, -0.1) is 11.3 Å². The zero-order chi connectivity index (χ0) is 10.7. The third kappa shape index (κ3) is 3.45.